The third-order valence-electron chi connectivity index (χ3n) is 2.26. The van der Waals surface area contributed by atoms with Crippen molar-refractivity contribution in [3.8, 4) is 0 Å². The molecule has 0 aliphatic rings. The van der Waals surface area contributed by atoms with E-state index in [4.69, 9.17) is 0 Å². The van der Waals surface area contributed by atoms with Crippen LogP contribution in [0.5, 0.6) is 0 Å². The van der Waals surface area contributed by atoms with Gasteiger partial charge in [-0.15, -0.1) is 0 Å². The van der Waals surface area contributed by atoms with Crippen LogP contribution in [-0.4, -0.2) is 17.6 Å². The molecule has 1 aromatic heterocycles. The minimum Gasteiger partial charge on any atom is -0.468 e. The smallest absolute Gasteiger partial charge is 0.325 e. The van der Waals surface area contributed by atoms with Crippen molar-refractivity contribution in [3.63, 3.8) is 0 Å². The number of ether oxygens (including phenoxy) is 1. The van der Waals surface area contributed by atoms with Gasteiger partial charge in [0.25, 0.3) is 0 Å². The first-order valence-electron chi connectivity index (χ1n) is 4.52. The Morgan fingerprint density at radius 2 is 2.27 bits per heavy atom. The molecule has 0 amide bonds. The number of rotatable bonds is 2. The summed E-state index contributed by atoms with van der Waals surface area (Å²) in [5, 5.41) is 0.903. The average molecular weight is 207 g/mol. The standard InChI is InChI=1S/C11H10FNO2/c1-15-11(14)7-13-5-4-8-2-3-9(12)6-10(8)13/h2-6H,7H2,1H3. The highest BCUT2D eigenvalue weighted by Gasteiger charge is 2.06. The number of aromatic nitrogens is 1. The largest absolute Gasteiger partial charge is 0.468 e. The monoisotopic (exact) mass is 207 g/mol. The summed E-state index contributed by atoms with van der Waals surface area (Å²) in [4.78, 5) is 11.1. The van der Waals surface area contributed by atoms with Crippen LogP contribution in [0.2, 0.25) is 0 Å². The molecule has 0 atom stereocenters. The lowest BCUT2D eigenvalue weighted by Gasteiger charge is -2.03. The summed E-state index contributed by atoms with van der Waals surface area (Å²) >= 11 is 0. The Labute approximate surface area is 86.1 Å². The third kappa shape index (κ3) is 1.83. The number of nitrogens with zero attached hydrogens (tertiary/aromatic N) is 1. The van der Waals surface area contributed by atoms with Crippen molar-refractivity contribution >= 4 is 16.9 Å². The van der Waals surface area contributed by atoms with Crippen molar-refractivity contribution in [2.45, 2.75) is 6.54 Å². The number of esters is 1. The van der Waals surface area contributed by atoms with Crippen molar-refractivity contribution in [2.24, 2.45) is 0 Å². The highest BCUT2D eigenvalue weighted by atomic mass is 19.1. The average Bonchev–Trinajstić information content (AvgIpc) is 2.61. The van der Waals surface area contributed by atoms with Crippen molar-refractivity contribution < 1.29 is 13.9 Å². The number of benzene rings is 1. The lowest BCUT2D eigenvalue weighted by Crippen LogP contribution is -2.10. The molecule has 0 radical (unpaired) electrons. The molecule has 1 heterocycles. The molecule has 0 spiro atoms. The minimum absolute atomic E-state index is 0.101. The molecule has 4 heteroatoms. The number of carbonyl (C=O) groups is 1. The lowest BCUT2D eigenvalue weighted by atomic mass is 10.2. The van der Waals surface area contributed by atoms with Crippen LogP contribution in [0.1, 0.15) is 0 Å². The quantitative estimate of drug-likeness (QED) is 0.705. The summed E-state index contributed by atoms with van der Waals surface area (Å²) in [7, 11) is 1.33. The minimum atomic E-state index is -0.350. The van der Waals surface area contributed by atoms with Gasteiger partial charge in [0.05, 0.1) is 12.6 Å². The van der Waals surface area contributed by atoms with E-state index in [2.05, 4.69) is 4.74 Å². The zero-order chi connectivity index (χ0) is 10.8. The fraction of sp³-hybridized carbons (Fsp3) is 0.182. The number of halogens is 1. The first-order chi connectivity index (χ1) is 7.20. The fourth-order valence-electron chi connectivity index (χ4n) is 1.50. The fourth-order valence-corrected chi connectivity index (χ4v) is 1.50. The van der Waals surface area contributed by atoms with Crippen molar-refractivity contribution in [1.82, 2.24) is 4.57 Å². The Bertz CT molecular complexity index is 504. The van der Waals surface area contributed by atoms with Gasteiger partial charge >= 0.3 is 5.97 Å². The SMILES string of the molecule is COC(=O)Cn1ccc2ccc(F)cc21. The van der Waals surface area contributed by atoms with Crippen molar-refractivity contribution in [2.75, 3.05) is 7.11 Å². The van der Waals surface area contributed by atoms with Crippen LogP contribution in [0, 0.1) is 5.82 Å². The first-order valence-corrected chi connectivity index (χ1v) is 4.52. The van der Waals surface area contributed by atoms with E-state index >= 15 is 0 Å². The van der Waals surface area contributed by atoms with Gasteiger partial charge in [0.2, 0.25) is 0 Å². The van der Waals surface area contributed by atoms with Crippen LogP contribution < -0.4 is 0 Å². The maximum Gasteiger partial charge on any atom is 0.325 e. The van der Waals surface area contributed by atoms with E-state index in [0.29, 0.717) is 5.52 Å². The van der Waals surface area contributed by atoms with Crippen LogP contribution >= 0.6 is 0 Å². The summed E-state index contributed by atoms with van der Waals surface area (Å²) in [6.45, 7) is 0.101. The summed E-state index contributed by atoms with van der Waals surface area (Å²) in [6.07, 6.45) is 1.74. The Morgan fingerprint density at radius 3 is 3.00 bits per heavy atom. The van der Waals surface area contributed by atoms with Crippen LogP contribution in [0.25, 0.3) is 10.9 Å². The molecule has 78 valence electrons. The summed E-state index contributed by atoms with van der Waals surface area (Å²) in [5.74, 6) is -0.663. The molecule has 2 aromatic rings. The molecule has 0 N–H and O–H groups in total. The van der Waals surface area contributed by atoms with Gasteiger partial charge < -0.3 is 9.30 Å². The molecular weight excluding hydrogens is 197 g/mol. The van der Waals surface area contributed by atoms with Crippen LogP contribution in [0.4, 0.5) is 4.39 Å². The zero-order valence-corrected chi connectivity index (χ0v) is 8.24. The van der Waals surface area contributed by atoms with Gasteiger partial charge in [0.15, 0.2) is 0 Å². The molecule has 15 heavy (non-hydrogen) atoms. The lowest BCUT2D eigenvalue weighted by molar-refractivity contribution is -0.141. The Morgan fingerprint density at radius 1 is 1.47 bits per heavy atom. The number of carbonyl (C=O) groups excluding carboxylic acids is 1. The number of hydrogen-bond donors (Lipinski definition) is 0. The van der Waals surface area contributed by atoms with E-state index < -0.39 is 0 Å². The van der Waals surface area contributed by atoms with Gasteiger partial charge in [-0.05, 0) is 29.7 Å². The van der Waals surface area contributed by atoms with Gasteiger partial charge in [-0.25, -0.2) is 4.39 Å². The van der Waals surface area contributed by atoms with Crippen LogP contribution in [0.3, 0.4) is 0 Å². The predicted molar refractivity (Wildman–Crippen MR) is 53.9 cm³/mol. The normalized spacial score (nSPS) is 10.5. The molecule has 0 aliphatic heterocycles. The first kappa shape index (κ1) is 9.71. The van der Waals surface area contributed by atoms with E-state index in [0.717, 1.165) is 5.39 Å². The third-order valence-corrected chi connectivity index (χ3v) is 2.26. The number of hydrogen-bond acceptors (Lipinski definition) is 2. The molecule has 0 saturated carbocycles. The second kappa shape index (κ2) is 3.73. The van der Waals surface area contributed by atoms with Crippen LogP contribution in [-0.2, 0) is 16.1 Å². The van der Waals surface area contributed by atoms with Gasteiger partial charge in [-0.2, -0.15) is 0 Å². The van der Waals surface area contributed by atoms with Crippen molar-refractivity contribution in [1.29, 1.82) is 0 Å². The second-order valence-electron chi connectivity index (χ2n) is 3.22. The van der Waals surface area contributed by atoms with Gasteiger partial charge in [0, 0.05) is 6.20 Å². The highest BCUT2D eigenvalue weighted by Crippen LogP contribution is 2.16. The van der Waals surface area contributed by atoms with E-state index in [1.807, 2.05) is 6.07 Å². The molecule has 0 saturated heterocycles. The van der Waals surface area contributed by atoms with Crippen LogP contribution in [0.15, 0.2) is 30.5 Å². The Hall–Kier alpha value is -1.84. The summed E-state index contributed by atoms with van der Waals surface area (Å²) < 4.78 is 19.2. The highest BCUT2D eigenvalue weighted by molar-refractivity contribution is 5.82. The Kier molecular flexibility index (Phi) is 2.41. The molecule has 3 nitrogen and oxygen atoms in total. The molecule has 0 bridgehead atoms. The number of fused-ring (bicyclic) bond motifs is 1. The van der Waals surface area contributed by atoms with E-state index in [1.54, 1.807) is 16.8 Å². The molecule has 0 unspecified atom stereocenters. The van der Waals surface area contributed by atoms with Gasteiger partial charge in [-0.3, -0.25) is 4.79 Å². The summed E-state index contributed by atoms with van der Waals surface area (Å²) in [6, 6.07) is 6.30. The zero-order valence-electron chi connectivity index (χ0n) is 8.24. The van der Waals surface area contributed by atoms with E-state index in [-0.39, 0.29) is 18.3 Å². The van der Waals surface area contributed by atoms with E-state index in [9.17, 15) is 9.18 Å². The molecule has 1 aromatic carbocycles. The Balaban J connectivity index is 2.43. The summed E-state index contributed by atoms with van der Waals surface area (Å²) in [5.41, 5.74) is 0.695. The maximum absolute atomic E-state index is 13.0. The molecule has 2 rings (SSSR count). The molecule has 0 aliphatic carbocycles. The van der Waals surface area contributed by atoms with E-state index in [1.165, 1.54) is 19.2 Å². The van der Waals surface area contributed by atoms with Gasteiger partial charge in [-0.1, -0.05) is 0 Å². The predicted octanol–water partition coefficient (Wildman–Crippen LogP) is 1.95. The van der Waals surface area contributed by atoms with Crippen molar-refractivity contribution in [3.05, 3.63) is 36.3 Å². The topological polar surface area (TPSA) is 31.2 Å². The second-order valence-corrected chi connectivity index (χ2v) is 3.22. The maximum atomic E-state index is 13.0. The molecule has 0 fully saturated rings. The molecular formula is C11H10FNO2. The number of methoxy groups -OCH3 is 1. The van der Waals surface area contributed by atoms with Gasteiger partial charge in [0.1, 0.15) is 12.4 Å².